The van der Waals surface area contributed by atoms with Crippen LogP contribution in [0, 0.1) is 0 Å². The molecule has 4 heteroatoms. The maximum absolute atomic E-state index is 8.46. The Morgan fingerprint density at radius 2 is 2.12 bits per heavy atom. The van der Waals surface area contributed by atoms with Crippen molar-refractivity contribution >= 4 is 8.69 Å². The van der Waals surface area contributed by atoms with E-state index in [1.165, 1.54) is 6.42 Å². The second-order valence-corrected chi connectivity index (χ2v) is 5.18. The van der Waals surface area contributed by atoms with E-state index in [0.717, 1.165) is 0 Å². The molecule has 0 heterocycles. The maximum atomic E-state index is 8.46. The minimum absolute atomic E-state index is 0.0885. The molecule has 0 aliphatic carbocycles. The summed E-state index contributed by atoms with van der Waals surface area (Å²) in [6, 6.07) is 0. The summed E-state index contributed by atoms with van der Waals surface area (Å²) in [4.78, 5) is 6.99. The van der Waals surface area contributed by atoms with Gasteiger partial charge in [0, 0.05) is 0 Å². The summed E-state index contributed by atoms with van der Waals surface area (Å²) in [7, 11) is -0.833. The summed E-state index contributed by atoms with van der Waals surface area (Å²) in [6.07, 6.45) is 1.43. The minimum atomic E-state index is -0.833. The first-order chi connectivity index (χ1) is 3.83. The molecule has 8 heavy (non-hydrogen) atoms. The van der Waals surface area contributed by atoms with Gasteiger partial charge in [-0.1, -0.05) is 0 Å². The predicted molar refractivity (Wildman–Crippen MR) is 30.8 cm³/mol. The van der Waals surface area contributed by atoms with E-state index >= 15 is 0 Å². The van der Waals surface area contributed by atoms with E-state index in [9.17, 15) is 0 Å². The van der Waals surface area contributed by atoms with Gasteiger partial charge in [0.2, 0.25) is 0 Å². The Labute approximate surface area is 59.6 Å². The molecular formula is C4H11O2PZn. The van der Waals surface area contributed by atoms with Crippen molar-refractivity contribution in [3.05, 3.63) is 0 Å². The van der Waals surface area contributed by atoms with Gasteiger partial charge in [0.15, 0.2) is 0 Å². The molecule has 0 aromatic rings. The Balaban J connectivity index is 0. The van der Waals surface area contributed by atoms with E-state index in [0.29, 0.717) is 0 Å². The van der Waals surface area contributed by atoms with Crippen molar-refractivity contribution in [3.8, 4) is 0 Å². The van der Waals surface area contributed by atoms with Gasteiger partial charge in [-0.3, -0.25) is 0 Å². The third-order valence-corrected chi connectivity index (χ3v) is 3.67. The molecule has 0 aliphatic rings. The van der Waals surface area contributed by atoms with Gasteiger partial charge >= 0.3 is 49.7 Å². The summed E-state index contributed by atoms with van der Waals surface area (Å²) < 4.78 is 8.46. The summed E-state index contributed by atoms with van der Waals surface area (Å²) in [5.74, 6) is 0. The minimum Gasteiger partial charge on any atom is -0.310 e. The van der Waals surface area contributed by atoms with Gasteiger partial charge in [-0.15, -0.1) is 0 Å². The molecule has 1 N–H and O–H groups in total. The van der Waals surface area contributed by atoms with Crippen LogP contribution >= 0.6 is 8.69 Å². The molecule has 0 aromatic carbocycles. The molecule has 2 nitrogen and oxygen atoms in total. The zero-order valence-corrected chi connectivity index (χ0v) is 9.29. The van der Waals surface area contributed by atoms with Gasteiger partial charge in [0.25, 0.3) is 0 Å². The Morgan fingerprint density at radius 1 is 1.75 bits per heavy atom. The SMILES string of the molecule is CC[CH2][Zn][CH3].O=PO. The molecule has 0 saturated carbocycles. The van der Waals surface area contributed by atoms with Crippen molar-refractivity contribution in [1.82, 2.24) is 0 Å². The average molecular weight is 187 g/mol. The largest absolute Gasteiger partial charge is 0.324 e. The molecule has 0 saturated heterocycles. The van der Waals surface area contributed by atoms with E-state index < -0.39 is 8.69 Å². The number of hydrogen-bond acceptors (Lipinski definition) is 1. The zero-order chi connectivity index (χ0) is 6.83. The molecular weight excluding hydrogens is 176 g/mol. The van der Waals surface area contributed by atoms with Crippen LogP contribution in [-0.4, -0.2) is 4.89 Å². The van der Waals surface area contributed by atoms with Gasteiger partial charge in [-0.2, -0.15) is 0 Å². The van der Waals surface area contributed by atoms with E-state index in [2.05, 4.69) is 12.4 Å². The monoisotopic (exact) mass is 186 g/mol. The van der Waals surface area contributed by atoms with Crippen LogP contribution in [0.4, 0.5) is 0 Å². The summed E-state index contributed by atoms with van der Waals surface area (Å²) >= 11 is 0.0885. The van der Waals surface area contributed by atoms with Crippen molar-refractivity contribution in [3.63, 3.8) is 0 Å². The van der Waals surface area contributed by atoms with Crippen LogP contribution in [0.1, 0.15) is 13.3 Å². The molecule has 0 rings (SSSR count). The standard InChI is InChI=1S/C3H7.CH3.HO2P.Zn/c1-3-2;;1-3-2;/h1,3H2,2H3;1H3;(H,1,2);. The zero-order valence-electron chi connectivity index (χ0n) is 5.42. The van der Waals surface area contributed by atoms with Crippen molar-refractivity contribution in [2.75, 3.05) is 0 Å². The van der Waals surface area contributed by atoms with Crippen LogP contribution in [0.2, 0.25) is 10.5 Å². The Morgan fingerprint density at radius 3 is 2.12 bits per heavy atom. The normalized spacial score (nSPS) is 6.88. The van der Waals surface area contributed by atoms with Crippen LogP contribution in [0.15, 0.2) is 0 Å². The fourth-order valence-corrected chi connectivity index (χ4v) is 1.84. The third-order valence-electron chi connectivity index (χ3n) is 0.707. The molecule has 0 aliphatic heterocycles. The van der Waals surface area contributed by atoms with Gasteiger partial charge in [-0.25, -0.2) is 4.57 Å². The number of rotatable bonds is 2. The second-order valence-electron chi connectivity index (χ2n) is 1.44. The molecule has 0 bridgehead atoms. The number of hydrogen-bond donors (Lipinski definition) is 1. The summed E-state index contributed by atoms with van der Waals surface area (Å²) in [5, 5.41) is 1.58. The fraction of sp³-hybridized carbons (Fsp3) is 1.00. The van der Waals surface area contributed by atoms with Crippen LogP contribution < -0.4 is 0 Å². The van der Waals surface area contributed by atoms with Crippen LogP contribution in [-0.2, 0) is 21.7 Å². The topological polar surface area (TPSA) is 37.3 Å². The molecule has 0 atom stereocenters. The van der Waals surface area contributed by atoms with Crippen LogP contribution in [0.5, 0.6) is 0 Å². The molecule has 0 fully saturated rings. The first kappa shape index (κ1) is 11.5. The quantitative estimate of drug-likeness (QED) is 0.531. The Kier molecular flexibility index (Phi) is 22.4. The van der Waals surface area contributed by atoms with Crippen molar-refractivity contribution in [2.45, 2.75) is 23.9 Å². The molecule has 0 unspecified atom stereocenters. The second kappa shape index (κ2) is 15.6. The fourth-order valence-electron chi connectivity index (χ4n) is 0.354. The van der Waals surface area contributed by atoms with Gasteiger partial charge < -0.3 is 4.89 Å². The van der Waals surface area contributed by atoms with E-state index in [1.807, 2.05) is 0 Å². The van der Waals surface area contributed by atoms with E-state index in [4.69, 9.17) is 9.46 Å². The molecule has 0 radical (unpaired) electrons. The molecule has 46 valence electrons. The van der Waals surface area contributed by atoms with Gasteiger partial charge in [0.1, 0.15) is 0 Å². The first-order valence-corrected chi connectivity index (χ1v) is 8.63. The van der Waals surface area contributed by atoms with Crippen molar-refractivity contribution in [2.24, 2.45) is 0 Å². The van der Waals surface area contributed by atoms with Crippen molar-refractivity contribution in [1.29, 1.82) is 0 Å². The first-order valence-electron chi connectivity index (χ1n) is 2.80. The maximum Gasteiger partial charge on any atom is 0.324 e. The third kappa shape index (κ3) is 30.0. The molecule has 0 amide bonds. The van der Waals surface area contributed by atoms with Crippen LogP contribution in [0.3, 0.4) is 0 Å². The van der Waals surface area contributed by atoms with E-state index in [1.54, 1.807) is 5.02 Å². The van der Waals surface area contributed by atoms with Gasteiger partial charge in [0.05, 0.1) is 0 Å². The summed E-state index contributed by atoms with van der Waals surface area (Å²) in [5.41, 5.74) is 2.40. The Bertz CT molecular complexity index is 41.0. The van der Waals surface area contributed by atoms with Gasteiger partial charge in [-0.05, 0) is 0 Å². The molecule has 0 aromatic heterocycles. The predicted octanol–water partition coefficient (Wildman–Crippen LogP) is 2.13. The Hall–Kier alpha value is 0.683. The molecule has 0 spiro atoms. The van der Waals surface area contributed by atoms with E-state index in [-0.39, 0.29) is 17.1 Å². The summed E-state index contributed by atoms with van der Waals surface area (Å²) in [6.45, 7) is 2.26. The van der Waals surface area contributed by atoms with Crippen LogP contribution in [0.25, 0.3) is 0 Å². The average Bonchev–Trinajstić information content (AvgIpc) is 1.71. The smallest absolute Gasteiger partial charge is 0.310 e. The van der Waals surface area contributed by atoms with Crippen molar-refractivity contribution < 1.29 is 26.6 Å².